The Labute approximate surface area is 127 Å². The lowest BCUT2D eigenvalue weighted by Crippen LogP contribution is -2.39. The van der Waals surface area contributed by atoms with E-state index in [4.69, 9.17) is 0 Å². The Kier molecular flexibility index (Phi) is 5.07. The van der Waals surface area contributed by atoms with Crippen molar-refractivity contribution in [3.63, 3.8) is 0 Å². The van der Waals surface area contributed by atoms with Gasteiger partial charge in [-0.25, -0.2) is 8.42 Å². The van der Waals surface area contributed by atoms with E-state index >= 15 is 0 Å². The number of sulfonamides is 1. The molecule has 1 aromatic rings. The molecule has 0 atom stereocenters. The van der Waals surface area contributed by atoms with Crippen molar-refractivity contribution in [3.8, 4) is 0 Å². The maximum atomic E-state index is 12.8. The summed E-state index contributed by atoms with van der Waals surface area (Å²) in [5.74, 6) is 1.22. The van der Waals surface area contributed by atoms with E-state index in [0.717, 1.165) is 18.4 Å². The molecule has 0 saturated carbocycles. The van der Waals surface area contributed by atoms with Gasteiger partial charge in [0.1, 0.15) is 0 Å². The minimum Gasteiger partial charge on any atom is -0.392 e. The molecule has 118 valence electrons. The Balaban J connectivity index is 2.23. The number of aliphatic hydroxyl groups excluding tert-OH is 1. The Bertz CT molecular complexity index is 588. The maximum Gasteiger partial charge on any atom is 0.243 e. The lowest BCUT2D eigenvalue weighted by atomic mass is 9.87. The van der Waals surface area contributed by atoms with Gasteiger partial charge in [0.25, 0.3) is 0 Å². The fourth-order valence-corrected chi connectivity index (χ4v) is 4.69. The first-order valence-electron chi connectivity index (χ1n) is 7.56. The minimum absolute atomic E-state index is 0.141. The topological polar surface area (TPSA) is 57.6 Å². The van der Waals surface area contributed by atoms with Crippen molar-refractivity contribution in [1.82, 2.24) is 4.31 Å². The highest BCUT2D eigenvalue weighted by molar-refractivity contribution is 7.89. The van der Waals surface area contributed by atoms with Crippen LogP contribution in [0.25, 0.3) is 0 Å². The highest BCUT2D eigenvalue weighted by Gasteiger charge is 2.31. The molecule has 0 amide bonds. The maximum absolute atomic E-state index is 12.8. The fraction of sp³-hybridized carbons (Fsp3) is 0.625. The predicted octanol–water partition coefficient (Wildman–Crippen LogP) is 2.54. The van der Waals surface area contributed by atoms with Crippen LogP contribution in [0.15, 0.2) is 23.1 Å². The zero-order valence-corrected chi connectivity index (χ0v) is 13.9. The number of hydrogen-bond acceptors (Lipinski definition) is 3. The zero-order valence-electron chi connectivity index (χ0n) is 13.0. The van der Waals surface area contributed by atoms with Crippen molar-refractivity contribution in [2.24, 2.45) is 11.8 Å². The van der Waals surface area contributed by atoms with Crippen LogP contribution in [0.3, 0.4) is 0 Å². The Hall–Kier alpha value is -0.910. The van der Waals surface area contributed by atoms with Crippen molar-refractivity contribution < 1.29 is 13.5 Å². The van der Waals surface area contributed by atoms with E-state index in [1.807, 2.05) is 0 Å². The summed E-state index contributed by atoms with van der Waals surface area (Å²) in [5, 5.41) is 9.22. The summed E-state index contributed by atoms with van der Waals surface area (Å²) >= 11 is 0. The normalized spacial score (nSPS) is 18.3. The zero-order chi connectivity index (χ0) is 15.6. The minimum atomic E-state index is -3.45. The van der Waals surface area contributed by atoms with Gasteiger partial charge in [-0.3, -0.25) is 0 Å². The first kappa shape index (κ1) is 16.5. The summed E-state index contributed by atoms with van der Waals surface area (Å²) in [4.78, 5) is 0.331. The van der Waals surface area contributed by atoms with E-state index in [1.165, 1.54) is 0 Å². The van der Waals surface area contributed by atoms with Crippen LogP contribution in [0.5, 0.6) is 0 Å². The van der Waals surface area contributed by atoms with Gasteiger partial charge < -0.3 is 5.11 Å². The number of nitrogens with zero attached hydrogens (tertiary/aromatic N) is 1. The smallest absolute Gasteiger partial charge is 0.243 e. The molecular weight excluding hydrogens is 286 g/mol. The van der Waals surface area contributed by atoms with Crippen LogP contribution in [0.2, 0.25) is 0 Å². The number of rotatable bonds is 4. The monoisotopic (exact) mass is 311 g/mol. The molecule has 1 aliphatic rings. The molecule has 1 N–H and O–H groups in total. The number of aliphatic hydroxyl groups is 1. The second-order valence-electron chi connectivity index (χ2n) is 6.24. The van der Waals surface area contributed by atoms with Gasteiger partial charge >= 0.3 is 0 Å². The van der Waals surface area contributed by atoms with E-state index in [0.29, 0.717) is 35.4 Å². The van der Waals surface area contributed by atoms with E-state index in [2.05, 4.69) is 13.8 Å². The van der Waals surface area contributed by atoms with E-state index < -0.39 is 10.0 Å². The molecule has 0 bridgehead atoms. The molecule has 4 nitrogen and oxygen atoms in total. The number of benzene rings is 1. The van der Waals surface area contributed by atoms with E-state index in [1.54, 1.807) is 29.4 Å². The lowest BCUT2D eigenvalue weighted by molar-refractivity contribution is 0.226. The molecule has 1 heterocycles. The van der Waals surface area contributed by atoms with Crippen LogP contribution < -0.4 is 0 Å². The van der Waals surface area contributed by atoms with Gasteiger partial charge in [-0.1, -0.05) is 26.0 Å². The summed E-state index contributed by atoms with van der Waals surface area (Å²) in [5.41, 5.74) is 1.37. The molecule has 1 aromatic carbocycles. The molecule has 0 spiro atoms. The van der Waals surface area contributed by atoms with Crippen molar-refractivity contribution in [2.45, 2.75) is 45.1 Å². The molecule has 0 radical (unpaired) electrons. The van der Waals surface area contributed by atoms with Gasteiger partial charge in [0.15, 0.2) is 0 Å². The van der Waals surface area contributed by atoms with Crippen LogP contribution in [0.1, 0.15) is 37.8 Å². The van der Waals surface area contributed by atoms with Crippen molar-refractivity contribution in [2.75, 3.05) is 13.1 Å². The number of aryl methyl sites for hydroxylation is 1. The largest absolute Gasteiger partial charge is 0.392 e. The summed E-state index contributed by atoms with van der Waals surface area (Å²) < 4.78 is 27.2. The standard InChI is InChI=1S/C16H25NO3S/c1-12(2)15-6-8-17(9-7-15)21(19,20)16-10-14(11-18)5-4-13(16)3/h4-5,10,12,15,18H,6-9,11H2,1-3H3. The highest BCUT2D eigenvalue weighted by Crippen LogP contribution is 2.29. The highest BCUT2D eigenvalue weighted by atomic mass is 32.2. The number of piperidine rings is 1. The molecular formula is C16H25NO3S. The Morgan fingerprint density at radius 3 is 2.43 bits per heavy atom. The second kappa shape index (κ2) is 6.46. The van der Waals surface area contributed by atoms with Crippen LogP contribution >= 0.6 is 0 Å². The molecule has 2 rings (SSSR count). The van der Waals surface area contributed by atoms with E-state index in [9.17, 15) is 13.5 Å². The molecule has 0 aromatic heterocycles. The summed E-state index contributed by atoms with van der Waals surface area (Å²) in [6.07, 6.45) is 1.85. The third-order valence-electron chi connectivity index (χ3n) is 4.49. The average molecular weight is 311 g/mol. The molecule has 1 aliphatic heterocycles. The lowest BCUT2D eigenvalue weighted by Gasteiger charge is -2.33. The van der Waals surface area contributed by atoms with Crippen molar-refractivity contribution >= 4 is 10.0 Å². The molecule has 1 fully saturated rings. The van der Waals surface area contributed by atoms with Crippen molar-refractivity contribution in [1.29, 1.82) is 0 Å². The van der Waals surface area contributed by atoms with Gasteiger partial charge in [-0.15, -0.1) is 0 Å². The SMILES string of the molecule is Cc1ccc(CO)cc1S(=O)(=O)N1CCC(C(C)C)CC1. The molecule has 5 heteroatoms. The first-order valence-corrected chi connectivity index (χ1v) is 9.00. The third-order valence-corrected chi connectivity index (χ3v) is 6.53. The average Bonchev–Trinajstić information content (AvgIpc) is 2.47. The Morgan fingerprint density at radius 2 is 1.90 bits per heavy atom. The van der Waals surface area contributed by atoms with Gasteiger partial charge in [-0.05, 0) is 48.8 Å². The van der Waals surface area contributed by atoms with Crippen LogP contribution in [-0.4, -0.2) is 30.9 Å². The predicted molar refractivity (Wildman–Crippen MR) is 83.4 cm³/mol. The molecule has 0 unspecified atom stereocenters. The fourth-order valence-electron chi connectivity index (χ4n) is 2.94. The van der Waals surface area contributed by atoms with Crippen molar-refractivity contribution in [3.05, 3.63) is 29.3 Å². The summed E-state index contributed by atoms with van der Waals surface area (Å²) in [7, 11) is -3.45. The number of hydrogen-bond donors (Lipinski definition) is 1. The third kappa shape index (κ3) is 3.47. The first-order chi connectivity index (χ1) is 9.86. The quantitative estimate of drug-likeness (QED) is 0.929. The van der Waals surface area contributed by atoms with Gasteiger partial charge in [-0.2, -0.15) is 4.31 Å². The second-order valence-corrected chi connectivity index (χ2v) is 8.15. The van der Waals surface area contributed by atoms with Gasteiger partial charge in [0.05, 0.1) is 11.5 Å². The van der Waals surface area contributed by atoms with Crippen LogP contribution in [-0.2, 0) is 16.6 Å². The van der Waals surface area contributed by atoms with Gasteiger partial charge in [0, 0.05) is 13.1 Å². The Morgan fingerprint density at radius 1 is 1.29 bits per heavy atom. The van der Waals surface area contributed by atoms with Gasteiger partial charge in [0.2, 0.25) is 10.0 Å². The molecule has 0 aliphatic carbocycles. The van der Waals surface area contributed by atoms with E-state index in [-0.39, 0.29) is 6.61 Å². The summed E-state index contributed by atoms with van der Waals surface area (Å²) in [6.45, 7) is 7.24. The molecule has 21 heavy (non-hydrogen) atoms. The molecule has 1 saturated heterocycles. The van der Waals surface area contributed by atoms with Crippen LogP contribution in [0, 0.1) is 18.8 Å². The van der Waals surface area contributed by atoms with Crippen LogP contribution in [0.4, 0.5) is 0 Å². The summed E-state index contributed by atoms with van der Waals surface area (Å²) in [6, 6.07) is 5.12.